The van der Waals surface area contributed by atoms with Crippen LogP contribution in [0.25, 0.3) is 0 Å². The van der Waals surface area contributed by atoms with Crippen LogP contribution in [0, 0.1) is 0 Å². The van der Waals surface area contributed by atoms with E-state index in [1.165, 1.54) is 44.9 Å². The van der Waals surface area contributed by atoms with Crippen molar-refractivity contribution < 1.29 is 24.1 Å². The lowest BCUT2D eigenvalue weighted by Gasteiger charge is -2.41. The molecule has 5 heteroatoms. The zero-order valence-electron chi connectivity index (χ0n) is 18.7. The van der Waals surface area contributed by atoms with Crippen molar-refractivity contribution in [2.24, 2.45) is 0 Å². The Labute approximate surface area is 176 Å². The Morgan fingerprint density at radius 3 is 2.31 bits per heavy atom. The Kier molecular flexibility index (Phi) is 10.3. The summed E-state index contributed by atoms with van der Waals surface area (Å²) in [5.74, 6) is -0.296. The van der Waals surface area contributed by atoms with Crippen LogP contribution in [0.4, 0.5) is 0 Å². The van der Waals surface area contributed by atoms with Gasteiger partial charge in [-0.3, -0.25) is 0 Å². The van der Waals surface area contributed by atoms with Gasteiger partial charge in [0.05, 0.1) is 19.3 Å². The number of hydrogen-bond donors (Lipinski definition) is 1. The predicted octanol–water partition coefficient (Wildman–Crippen LogP) is 5.97. The van der Waals surface area contributed by atoms with E-state index in [0.717, 1.165) is 31.2 Å². The molecule has 1 fully saturated rings. The van der Waals surface area contributed by atoms with E-state index in [9.17, 15) is 5.11 Å². The van der Waals surface area contributed by atoms with Crippen LogP contribution in [0.15, 0.2) is 18.2 Å². The lowest BCUT2D eigenvalue weighted by molar-refractivity contribution is -0.416. The Morgan fingerprint density at radius 2 is 1.66 bits per heavy atom. The molecular formula is C24H40O5. The first-order valence-corrected chi connectivity index (χ1v) is 11.3. The maximum atomic E-state index is 9.77. The smallest absolute Gasteiger partial charge is 0.280 e. The molecule has 5 nitrogen and oxygen atoms in total. The minimum atomic E-state index is -0.971. The highest BCUT2D eigenvalue weighted by atomic mass is 16.9. The normalized spacial score (nSPS) is 24.6. The number of ether oxygens (including phenoxy) is 4. The molecular weight excluding hydrogens is 368 g/mol. The SMILES string of the molecule is CCCCCCCCCC1CC(CCc2ccc(O)c(OC)c2)OC(C)(OC)O1. The van der Waals surface area contributed by atoms with Gasteiger partial charge in [0.2, 0.25) is 0 Å². The number of phenols is 1. The second-order valence-corrected chi connectivity index (χ2v) is 8.24. The van der Waals surface area contributed by atoms with E-state index >= 15 is 0 Å². The van der Waals surface area contributed by atoms with Crippen LogP contribution in [0.2, 0.25) is 0 Å². The van der Waals surface area contributed by atoms with E-state index in [4.69, 9.17) is 18.9 Å². The molecule has 0 radical (unpaired) electrons. The Morgan fingerprint density at radius 1 is 1.00 bits per heavy atom. The summed E-state index contributed by atoms with van der Waals surface area (Å²) in [5, 5.41) is 9.77. The average Bonchev–Trinajstić information content (AvgIpc) is 2.72. The molecule has 1 aromatic rings. The van der Waals surface area contributed by atoms with Crippen LogP contribution < -0.4 is 4.74 Å². The van der Waals surface area contributed by atoms with Crippen molar-refractivity contribution in [3.8, 4) is 11.5 Å². The fraction of sp³-hybridized carbons (Fsp3) is 0.750. The van der Waals surface area contributed by atoms with Crippen LogP contribution in [-0.4, -0.2) is 37.5 Å². The van der Waals surface area contributed by atoms with Crippen LogP contribution >= 0.6 is 0 Å². The van der Waals surface area contributed by atoms with Gasteiger partial charge in [0.1, 0.15) is 0 Å². The Balaban J connectivity index is 1.81. The van der Waals surface area contributed by atoms with Gasteiger partial charge in [0, 0.05) is 20.5 Å². The van der Waals surface area contributed by atoms with Gasteiger partial charge in [-0.05, 0) is 37.0 Å². The lowest BCUT2D eigenvalue weighted by atomic mass is 9.98. The van der Waals surface area contributed by atoms with Crippen molar-refractivity contribution in [2.45, 2.75) is 103 Å². The van der Waals surface area contributed by atoms with E-state index < -0.39 is 5.97 Å². The van der Waals surface area contributed by atoms with Crippen molar-refractivity contribution in [3.05, 3.63) is 23.8 Å². The molecule has 0 saturated carbocycles. The highest BCUT2D eigenvalue weighted by molar-refractivity contribution is 5.41. The minimum Gasteiger partial charge on any atom is -0.504 e. The second-order valence-electron chi connectivity index (χ2n) is 8.24. The van der Waals surface area contributed by atoms with E-state index in [-0.39, 0.29) is 18.0 Å². The minimum absolute atomic E-state index is 0.0862. The monoisotopic (exact) mass is 408 g/mol. The molecule has 1 heterocycles. The Hall–Kier alpha value is -1.30. The first kappa shape index (κ1) is 24.0. The molecule has 1 aliphatic rings. The van der Waals surface area contributed by atoms with Crippen LogP contribution in [0.1, 0.15) is 83.6 Å². The van der Waals surface area contributed by atoms with Gasteiger partial charge in [-0.2, -0.15) is 0 Å². The van der Waals surface area contributed by atoms with Crippen molar-refractivity contribution in [3.63, 3.8) is 0 Å². The molecule has 0 bridgehead atoms. The molecule has 166 valence electrons. The number of aryl methyl sites for hydroxylation is 1. The third-order valence-corrected chi connectivity index (χ3v) is 5.79. The topological polar surface area (TPSA) is 57.2 Å². The fourth-order valence-corrected chi connectivity index (χ4v) is 4.01. The third kappa shape index (κ3) is 8.15. The quantitative estimate of drug-likeness (QED) is 0.408. The molecule has 1 aliphatic heterocycles. The second kappa shape index (κ2) is 12.4. The van der Waals surface area contributed by atoms with Gasteiger partial charge in [-0.25, -0.2) is 0 Å². The largest absolute Gasteiger partial charge is 0.504 e. The number of methoxy groups -OCH3 is 2. The number of phenolic OH excluding ortho intramolecular Hbond substituents is 1. The molecule has 0 aliphatic carbocycles. The summed E-state index contributed by atoms with van der Waals surface area (Å²) in [7, 11) is 3.21. The van der Waals surface area contributed by atoms with Gasteiger partial charge >= 0.3 is 0 Å². The van der Waals surface area contributed by atoms with Crippen LogP contribution in [0.3, 0.4) is 0 Å². The summed E-state index contributed by atoms with van der Waals surface area (Å²) >= 11 is 0. The maximum absolute atomic E-state index is 9.77. The van der Waals surface area contributed by atoms with Crippen molar-refractivity contribution in [2.75, 3.05) is 14.2 Å². The average molecular weight is 409 g/mol. The first-order chi connectivity index (χ1) is 14.0. The molecule has 3 unspecified atom stereocenters. The zero-order chi connectivity index (χ0) is 21.1. The van der Waals surface area contributed by atoms with E-state index in [1.54, 1.807) is 20.3 Å². The number of benzene rings is 1. The molecule has 3 atom stereocenters. The highest BCUT2D eigenvalue weighted by Crippen LogP contribution is 2.33. The zero-order valence-corrected chi connectivity index (χ0v) is 18.7. The van der Waals surface area contributed by atoms with Gasteiger partial charge in [-0.15, -0.1) is 0 Å². The molecule has 0 amide bonds. The molecule has 0 spiro atoms. The van der Waals surface area contributed by atoms with Gasteiger partial charge in [0.15, 0.2) is 11.5 Å². The number of hydrogen-bond acceptors (Lipinski definition) is 5. The van der Waals surface area contributed by atoms with Gasteiger partial charge in [0.25, 0.3) is 5.97 Å². The summed E-state index contributed by atoms with van der Waals surface area (Å²) in [4.78, 5) is 0. The van der Waals surface area contributed by atoms with Crippen molar-refractivity contribution in [1.29, 1.82) is 0 Å². The fourth-order valence-electron chi connectivity index (χ4n) is 4.01. The number of unbranched alkanes of at least 4 members (excludes halogenated alkanes) is 6. The summed E-state index contributed by atoms with van der Waals surface area (Å²) in [6.45, 7) is 4.12. The molecule has 1 aromatic carbocycles. The van der Waals surface area contributed by atoms with Gasteiger partial charge < -0.3 is 24.1 Å². The summed E-state index contributed by atoms with van der Waals surface area (Å²) in [6, 6.07) is 5.50. The number of rotatable bonds is 13. The summed E-state index contributed by atoms with van der Waals surface area (Å²) in [6.07, 6.45) is 13.1. The third-order valence-electron chi connectivity index (χ3n) is 5.79. The van der Waals surface area contributed by atoms with Crippen molar-refractivity contribution >= 4 is 0 Å². The van der Waals surface area contributed by atoms with Crippen molar-refractivity contribution in [1.82, 2.24) is 0 Å². The number of aromatic hydroxyl groups is 1. The summed E-state index contributed by atoms with van der Waals surface area (Å²) in [5.41, 5.74) is 1.12. The molecule has 1 N–H and O–H groups in total. The lowest BCUT2D eigenvalue weighted by Crippen LogP contribution is -2.48. The molecule has 29 heavy (non-hydrogen) atoms. The van der Waals surface area contributed by atoms with E-state index in [2.05, 4.69) is 6.92 Å². The molecule has 1 saturated heterocycles. The predicted molar refractivity (Wildman–Crippen MR) is 115 cm³/mol. The Bertz CT molecular complexity index is 591. The first-order valence-electron chi connectivity index (χ1n) is 11.3. The van der Waals surface area contributed by atoms with Crippen LogP contribution in [-0.2, 0) is 20.6 Å². The molecule has 0 aromatic heterocycles. The van der Waals surface area contributed by atoms with Gasteiger partial charge in [-0.1, -0.05) is 57.9 Å². The van der Waals surface area contributed by atoms with E-state index in [0.29, 0.717) is 5.75 Å². The highest BCUT2D eigenvalue weighted by Gasteiger charge is 2.38. The van der Waals surface area contributed by atoms with E-state index in [1.807, 2.05) is 19.1 Å². The maximum Gasteiger partial charge on any atom is 0.280 e. The standard InChI is InChI=1S/C24H40O5/c1-5-6-7-8-9-10-11-12-20-18-21(29-24(2,27-4)28-20)15-13-19-14-16-22(25)23(17-19)26-3/h14,16-17,20-21,25H,5-13,15,18H2,1-4H3. The van der Waals surface area contributed by atoms with Crippen LogP contribution in [0.5, 0.6) is 11.5 Å². The molecule has 2 rings (SSSR count). The summed E-state index contributed by atoms with van der Waals surface area (Å²) < 4.78 is 22.9.